The lowest BCUT2D eigenvalue weighted by Gasteiger charge is -1.92. The van der Waals surface area contributed by atoms with E-state index in [4.69, 9.17) is 5.73 Å². The third-order valence-electron chi connectivity index (χ3n) is 1.67. The monoisotopic (exact) mass is 242 g/mol. The number of halogens is 1. The van der Waals surface area contributed by atoms with Gasteiger partial charge in [-0.1, -0.05) is 42.5 Å². The molecule has 2 N–H and O–H groups in total. The van der Waals surface area contributed by atoms with E-state index in [0.29, 0.717) is 18.1 Å². The van der Waals surface area contributed by atoms with E-state index in [1.54, 1.807) is 0 Å². The van der Waals surface area contributed by atoms with Crippen molar-refractivity contribution in [1.82, 2.24) is 0 Å². The molecule has 0 spiro atoms. The summed E-state index contributed by atoms with van der Waals surface area (Å²) in [5, 5.41) is 0. The maximum Gasteiger partial charge on any atom is 0.104 e. The first-order valence-electron chi connectivity index (χ1n) is 4.44. The summed E-state index contributed by atoms with van der Waals surface area (Å²) in [4.78, 5) is 4.09. The third-order valence-corrected chi connectivity index (χ3v) is 2.00. The van der Waals surface area contributed by atoms with Crippen molar-refractivity contribution in [3.63, 3.8) is 0 Å². The molecule has 0 saturated carbocycles. The molecule has 0 aliphatic heterocycles. The highest BCUT2D eigenvalue weighted by atomic mass is 35.5. The van der Waals surface area contributed by atoms with Gasteiger partial charge in [-0.25, -0.2) is 0 Å². The standard InChI is InChI=1S/C11H14N2S.ClH/c12-11(9-14)13-8-4-7-10-5-2-1-3-6-10;/h1-7,14H,8-9H2,(H2,12,13);1H. The molecule has 0 saturated heterocycles. The highest BCUT2D eigenvalue weighted by Crippen LogP contribution is 2.00. The van der Waals surface area contributed by atoms with Gasteiger partial charge in [-0.15, -0.1) is 12.4 Å². The van der Waals surface area contributed by atoms with E-state index in [1.165, 1.54) is 5.56 Å². The minimum Gasteiger partial charge on any atom is -0.387 e. The quantitative estimate of drug-likeness (QED) is 0.475. The second-order valence-corrected chi connectivity index (χ2v) is 3.12. The number of amidine groups is 1. The molecule has 0 amide bonds. The van der Waals surface area contributed by atoms with Gasteiger partial charge in [0.1, 0.15) is 5.84 Å². The fraction of sp³-hybridized carbons (Fsp3) is 0.182. The summed E-state index contributed by atoms with van der Waals surface area (Å²) in [6.45, 7) is 0.612. The first kappa shape index (κ1) is 14.1. The minimum absolute atomic E-state index is 0. The zero-order valence-corrected chi connectivity index (χ0v) is 10.0. The van der Waals surface area contributed by atoms with Crippen LogP contribution in [-0.2, 0) is 0 Å². The highest BCUT2D eigenvalue weighted by Gasteiger charge is 1.84. The molecule has 0 aliphatic carbocycles. The summed E-state index contributed by atoms with van der Waals surface area (Å²) in [6.07, 6.45) is 4.00. The Bertz CT molecular complexity index is 323. The molecule has 0 heterocycles. The van der Waals surface area contributed by atoms with Crippen LogP contribution in [0.4, 0.5) is 0 Å². The second-order valence-electron chi connectivity index (χ2n) is 2.80. The van der Waals surface area contributed by atoms with Crippen molar-refractivity contribution in [2.75, 3.05) is 12.3 Å². The first-order valence-corrected chi connectivity index (χ1v) is 5.07. The van der Waals surface area contributed by atoms with Gasteiger partial charge in [-0.2, -0.15) is 12.6 Å². The van der Waals surface area contributed by atoms with Crippen LogP contribution < -0.4 is 5.73 Å². The molecule has 0 unspecified atom stereocenters. The normalized spacial score (nSPS) is 11.4. The van der Waals surface area contributed by atoms with Crippen LogP contribution in [0.5, 0.6) is 0 Å². The van der Waals surface area contributed by atoms with Gasteiger partial charge in [0.05, 0.1) is 6.54 Å². The topological polar surface area (TPSA) is 38.4 Å². The maximum atomic E-state index is 5.49. The fourth-order valence-corrected chi connectivity index (χ4v) is 1.07. The van der Waals surface area contributed by atoms with Crippen LogP contribution in [0.25, 0.3) is 6.08 Å². The van der Waals surface area contributed by atoms with Crippen LogP contribution >= 0.6 is 25.0 Å². The Morgan fingerprint density at radius 2 is 2.00 bits per heavy atom. The highest BCUT2D eigenvalue weighted by molar-refractivity contribution is 7.81. The molecule has 0 aromatic heterocycles. The first-order chi connectivity index (χ1) is 6.83. The number of aliphatic imine (C=N–C) groups is 1. The molecule has 1 rings (SSSR count). The molecule has 0 atom stereocenters. The smallest absolute Gasteiger partial charge is 0.104 e. The van der Waals surface area contributed by atoms with Crippen LogP contribution in [0.1, 0.15) is 5.56 Å². The van der Waals surface area contributed by atoms with Crippen molar-refractivity contribution < 1.29 is 0 Å². The van der Waals surface area contributed by atoms with E-state index >= 15 is 0 Å². The van der Waals surface area contributed by atoms with Gasteiger partial charge in [0, 0.05) is 5.75 Å². The Labute approximate surface area is 102 Å². The van der Waals surface area contributed by atoms with Crippen molar-refractivity contribution in [1.29, 1.82) is 0 Å². The van der Waals surface area contributed by atoms with Gasteiger partial charge in [-0.3, -0.25) is 4.99 Å². The van der Waals surface area contributed by atoms with Gasteiger partial charge >= 0.3 is 0 Å². The number of nitrogens with two attached hydrogens (primary N) is 1. The van der Waals surface area contributed by atoms with Gasteiger partial charge in [0.2, 0.25) is 0 Å². The van der Waals surface area contributed by atoms with E-state index in [2.05, 4.69) is 17.6 Å². The molecule has 0 fully saturated rings. The van der Waals surface area contributed by atoms with E-state index in [1.807, 2.05) is 42.5 Å². The Hall–Kier alpha value is -0.930. The average Bonchev–Trinajstić information content (AvgIpc) is 2.25. The maximum absolute atomic E-state index is 5.49. The van der Waals surface area contributed by atoms with E-state index < -0.39 is 0 Å². The largest absolute Gasteiger partial charge is 0.387 e. The van der Waals surface area contributed by atoms with Crippen LogP contribution in [0.15, 0.2) is 41.4 Å². The van der Waals surface area contributed by atoms with E-state index in [9.17, 15) is 0 Å². The molecule has 0 aliphatic rings. The van der Waals surface area contributed by atoms with Crippen LogP contribution in [-0.4, -0.2) is 18.1 Å². The molecule has 4 heteroatoms. The Morgan fingerprint density at radius 3 is 2.60 bits per heavy atom. The number of nitrogens with zero attached hydrogens (tertiary/aromatic N) is 1. The zero-order valence-electron chi connectivity index (χ0n) is 8.34. The molecule has 82 valence electrons. The second kappa shape index (κ2) is 8.38. The lowest BCUT2D eigenvalue weighted by molar-refractivity contribution is 1.23. The molecule has 1 aromatic rings. The summed E-state index contributed by atoms with van der Waals surface area (Å²) in [5.41, 5.74) is 6.67. The average molecular weight is 243 g/mol. The van der Waals surface area contributed by atoms with Gasteiger partial charge in [0.15, 0.2) is 0 Å². The van der Waals surface area contributed by atoms with Gasteiger partial charge in [0.25, 0.3) is 0 Å². The van der Waals surface area contributed by atoms with Crippen LogP contribution in [0.2, 0.25) is 0 Å². The lowest BCUT2D eigenvalue weighted by atomic mass is 10.2. The van der Waals surface area contributed by atoms with Gasteiger partial charge < -0.3 is 5.73 Å². The SMILES string of the molecule is Cl.NC(CS)=NCC=Cc1ccccc1. The fourth-order valence-electron chi connectivity index (χ4n) is 0.973. The molecular formula is C11H15ClN2S. The summed E-state index contributed by atoms with van der Waals surface area (Å²) in [5.74, 6) is 1.09. The Morgan fingerprint density at radius 1 is 1.33 bits per heavy atom. The third kappa shape index (κ3) is 6.20. The van der Waals surface area contributed by atoms with E-state index in [0.717, 1.165) is 0 Å². The minimum atomic E-state index is 0. The molecule has 2 nitrogen and oxygen atoms in total. The summed E-state index contributed by atoms with van der Waals surface area (Å²) in [6, 6.07) is 10.1. The summed E-state index contributed by atoms with van der Waals surface area (Å²) in [7, 11) is 0. The molecule has 15 heavy (non-hydrogen) atoms. The van der Waals surface area contributed by atoms with Crippen molar-refractivity contribution in [3.05, 3.63) is 42.0 Å². The summed E-state index contributed by atoms with van der Waals surface area (Å²) < 4.78 is 0. The number of hydrogen-bond donors (Lipinski definition) is 2. The number of hydrogen-bond acceptors (Lipinski definition) is 2. The molecule has 0 bridgehead atoms. The van der Waals surface area contributed by atoms with Crippen LogP contribution in [0, 0.1) is 0 Å². The zero-order chi connectivity index (χ0) is 10.2. The Balaban J connectivity index is 0.00000196. The molecular weight excluding hydrogens is 228 g/mol. The van der Waals surface area contributed by atoms with Crippen LogP contribution in [0.3, 0.4) is 0 Å². The van der Waals surface area contributed by atoms with Gasteiger partial charge in [-0.05, 0) is 5.56 Å². The number of thiol groups is 1. The van der Waals surface area contributed by atoms with Crippen molar-refractivity contribution in [2.45, 2.75) is 0 Å². The molecule has 0 radical (unpaired) electrons. The Kier molecular flexibility index (Phi) is 7.86. The van der Waals surface area contributed by atoms with E-state index in [-0.39, 0.29) is 12.4 Å². The van der Waals surface area contributed by atoms with Crippen molar-refractivity contribution in [2.24, 2.45) is 10.7 Å². The predicted octanol–water partition coefficient (Wildman–Crippen LogP) is 2.41. The summed E-state index contributed by atoms with van der Waals surface area (Å²) >= 11 is 4.01. The number of rotatable bonds is 4. The van der Waals surface area contributed by atoms with Crippen molar-refractivity contribution >= 4 is 36.9 Å². The van der Waals surface area contributed by atoms with Crippen molar-refractivity contribution in [3.8, 4) is 0 Å². The lowest BCUT2D eigenvalue weighted by Crippen LogP contribution is -2.13. The number of benzene rings is 1. The predicted molar refractivity (Wildman–Crippen MR) is 73.1 cm³/mol. The molecule has 1 aromatic carbocycles.